The summed E-state index contributed by atoms with van der Waals surface area (Å²) in [5, 5.41) is 5.28. The summed E-state index contributed by atoms with van der Waals surface area (Å²) < 4.78 is 53.3. The van der Waals surface area contributed by atoms with Gasteiger partial charge >= 0.3 is 6.18 Å². The molecule has 1 aliphatic rings. The first kappa shape index (κ1) is 17.3. The third-order valence-corrected chi connectivity index (χ3v) is 4.98. The Kier molecular flexibility index (Phi) is 5.50. The predicted molar refractivity (Wildman–Crippen MR) is 80.1 cm³/mol. The first-order valence-electron chi connectivity index (χ1n) is 7.24. The van der Waals surface area contributed by atoms with Crippen LogP contribution in [-0.2, 0) is 17.4 Å². The smallest absolute Gasteiger partial charge is 0.422 e. The number of benzene rings is 1. The molecule has 0 amide bonds. The molecule has 1 aliphatic carbocycles. The Morgan fingerprint density at radius 1 is 1.45 bits per heavy atom. The van der Waals surface area contributed by atoms with Crippen molar-refractivity contribution in [2.24, 2.45) is 5.14 Å². The second-order valence-corrected chi connectivity index (χ2v) is 7.15. The second-order valence-electron chi connectivity index (χ2n) is 5.69. The third kappa shape index (κ3) is 4.46. The van der Waals surface area contributed by atoms with E-state index < -0.39 is 23.8 Å². The molecular formula is C15H20F3NO2S. The molecule has 2 rings (SSSR count). The van der Waals surface area contributed by atoms with Gasteiger partial charge in [0.05, 0.1) is 11.0 Å². The molecule has 7 heteroatoms. The number of ether oxygens (including phenoxy) is 1. The Morgan fingerprint density at radius 3 is 2.82 bits per heavy atom. The lowest BCUT2D eigenvalue weighted by Crippen LogP contribution is -2.23. The van der Waals surface area contributed by atoms with Crippen LogP contribution in [0.5, 0.6) is 5.75 Å². The molecule has 0 aliphatic heterocycles. The van der Waals surface area contributed by atoms with E-state index >= 15 is 0 Å². The molecule has 3 nitrogen and oxygen atoms in total. The Morgan fingerprint density at radius 2 is 2.18 bits per heavy atom. The Labute approximate surface area is 130 Å². The SMILES string of the molecule is CC(C[C@@H]1CCCc2c(OCC(F)(F)F)cccc21)S(N)=O. The van der Waals surface area contributed by atoms with Gasteiger partial charge in [-0.1, -0.05) is 12.1 Å². The highest BCUT2D eigenvalue weighted by atomic mass is 32.2. The van der Waals surface area contributed by atoms with Crippen molar-refractivity contribution in [1.29, 1.82) is 0 Å². The van der Waals surface area contributed by atoms with Gasteiger partial charge in [-0.3, -0.25) is 5.14 Å². The molecule has 1 aromatic rings. The maximum atomic E-state index is 12.3. The fraction of sp³-hybridized carbons (Fsp3) is 0.600. The number of nitrogens with two attached hydrogens (primary N) is 1. The van der Waals surface area contributed by atoms with Gasteiger partial charge in [-0.2, -0.15) is 13.2 Å². The highest BCUT2D eigenvalue weighted by Gasteiger charge is 2.30. The van der Waals surface area contributed by atoms with Gasteiger partial charge in [-0.25, -0.2) is 4.21 Å². The van der Waals surface area contributed by atoms with Crippen LogP contribution >= 0.6 is 0 Å². The van der Waals surface area contributed by atoms with Gasteiger partial charge in [0.1, 0.15) is 5.75 Å². The van der Waals surface area contributed by atoms with Gasteiger partial charge < -0.3 is 4.74 Å². The van der Waals surface area contributed by atoms with E-state index in [1.54, 1.807) is 12.1 Å². The molecule has 124 valence electrons. The van der Waals surface area contributed by atoms with Crippen LogP contribution in [0, 0.1) is 0 Å². The molecule has 0 saturated heterocycles. The van der Waals surface area contributed by atoms with E-state index in [0.29, 0.717) is 18.6 Å². The highest BCUT2D eigenvalue weighted by Crippen LogP contribution is 2.39. The fourth-order valence-electron chi connectivity index (χ4n) is 2.95. The monoisotopic (exact) mass is 335 g/mol. The number of alkyl halides is 3. The van der Waals surface area contributed by atoms with E-state index in [9.17, 15) is 17.4 Å². The lowest BCUT2D eigenvalue weighted by molar-refractivity contribution is -0.153. The summed E-state index contributed by atoms with van der Waals surface area (Å²) >= 11 is 0. The first-order chi connectivity index (χ1) is 10.3. The van der Waals surface area contributed by atoms with Crippen LogP contribution in [0.15, 0.2) is 18.2 Å². The van der Waals surface area contributed by atoms with Crippen molar-refractivity contribution in [1.82, 2.24) is 0 Å². The summed E-state index contributed by atoms with van der Waals surface area (Å²) in [5.74, 6) is 0.474. The van der Waals surface area contributed by atoms with E-state index in [2.05, 4.69) is 0 Å². The fourth-order valence-corrected chi connectivity index (χ4v) is 3.37. The van der Waals surface area contributed by atoms with Crippen LogP contribution in [0.4, 0.5) is 13.2 Å². The van der Waals surface area contributed by atoms with Crippen molar-refractivity contribution in [3.63, 3.8) is 0 Å². The first-order valence-corrected chi connectivity index (χ1v) is 8.52. The van der Waals surface area contributed by atoms with E-state index in [-0.39, 0.29) is 11.2 Å². The minimum Gasteiger partial charge on any atom is -0.484 e. The molecular weight excluding hydrogens is 315 g/mol. The molecule has 2 unspecified atom stereocenters. The summed E-state index contributed by atoms with van der Waals surface area (Å²) in [5.41, 5.74) is 1.85. The van der Waals surface area contributed by atoms with Gasteiger partial charge in [0.2, 0.25) is 0 Å². The molecule has 22 heavy (non-hydrogen) atoms. The maximum Gasteiger partial charge on any atom is 0.422 e. The van der Waals surface area contributed by atoms with Crippen LogP contribution in [0.25, 0.3) is 0 Å². The second kappa shape index (κ2) is 7.00. The van der Waals surface area contributed by atoms with Crippen LogP contribution in [0.2, 0.25) is 0 Å². The average Bonchev–Trinajstić information content (AvgIpc) is 2.44. The highest BCUT2D eigenvalue weighted by molar-refractivity contribution is 7.83. The normalized spacial score (nSPS) is 21.0. The molecule has 0 bridgehead atoms. The lowest BCUT2D eigenvalue weighted by atomic mass is 9.80. The van der Waals surface area contributed by atoms with E-state index in [1.165, 1.54) is 0 Å². The number of rotatable bonds is 5. The van der Waals surface area contributed by atoms with E-state index in [0.717, 1.165) is 24.0 Å². The summed E-state index contributed by atoms with van der Waals surface area (Å²) in [4.78, 5) is 0. The quantitative estimate of drug-likeness (QED) is 0.896. The summed E-state index contributed by atoms with van der Waals surface area (Å²) in [6.45, 7) is 0.547. The molecule has 0 heterocycles. The maximum absolute atomic E-state index is 12.3. The predicted octanol–water partition coefficient (Wildman–Crippen LogP) is 3.45. The van der Waals surface area contributed by atoms with Crippen molar-refractivity contribution < 1.29 is 22.1 Å². The van der Waals surface area contributed by atoms with Gasteiger partial charge in [0.15, 0.2) is 6.61 Å². The molecule has 3 atom stereocenters. The zero-order valence-electron chi connectivity index (χ0n) is 12.4. The van der Waals surface area contributed by atoms with Crippen LogP contribution in [0.3, 0.4) is 0 Å². The minimum atomic E-state index is -4.35. The summed E-state index contributed by atoms with van der Waals surface area (Å²) in [7, 11) is -1.39. The third-order valence-electron chi connectivity index (χ3n) is 3.99. The lowest BCUT2D eigenvalue weighted by Gasteiger charge is -2.28. The molecule has 0 radical (unpaired) electrons. The molecule has 0 fully saturated rings. The molecule has 2 N–H and O–H groups in total. The standard InChI is InChI=1S/C15H20F3NO2S/c1-10(22(19)20)8-11-4-2-6-13-12(11)5-3-7-14(13)21-9-15(16,17)18/h3,5,7,10-11H,2,4,6,8-9,19H2,1H3/t10?,11-,22?/m0/s1. The van der Waals surface area contributed by atoms with Crippen molar-refractivity contribution in [3.05, 3.63) is 29.3 Å². The Hall–Kier alpha value is -1.08. The van der Waals surface area contributed by atoms with Crippen molar-refractivity contribution >= 4 is 11.0 Å². The molecule has 0 saturated carbocycles. The summed E-state index contributed by atoms with van der Waals surface area (Å²) in [6, 6.07) is 5.22. The summed E-state index contributed by atoms with van der Waals surface area (Å²) in [6.07, 6.45) is -1.16. The Balaban J connectivity index is 2.19. The number of hydrogen-bond acceptors (Lipinski definition) is 2. The zero-order chi connectivity index (χ0) is 16.3. The van der Waals surface area contributed by atoms with Gasteiger partial charge in [-0.15, -0.1) is 0 Å². The van der Waals surface area contributed by atoms with E-state index in [1.807, 2.05) is 13.0 Å². The molecule has 1 aromatic carbocycles. The van der Waals surface area contributed by atoms with Crippen LogP contribution in [0.1, 0.15) is 43.2 Å². The van der Waals surface area contributed by atoms with Gasteiger partial charge in [0.25, 0.3) is 0 Å². The number of hydrogen-bond donors (Lipinski definition) is 1. The van der Waals surface area contributed by atoms with Gasteiger partial charge in [-0.05, 0) is 55.7 Å². The number of fused-ring (bicyclic) bond motifs is 1. The molecule has 0 spiro atoms. The minimum absolute atomic E-state index is 0.143. The van der Waals surface area contributed by atoms with Crippen molar-refractivity contribution in [2.75, 3.05) is 6.61 Å². The number of halogens is 3. The Bertz CT molecular complexity index is 548. The topological polar surface area (TPSA) is 52.3 Å². The largest absolute Gasteiger partial charge is 0.484 e. The van der Waals surface area contributed by atoms with E-state index in [4.69, 9.17) is 9.88 Å². The average molecular weight is 335 g/mol. The van der Waals surface area contributed by atoms with Crippen LogP contribution < -0.4 is 9.88 Å². The van der Waals surface area contributed by atoms with Crippen molar-refractivity contribution in [3.8, 4) is 5.75 Å². The van der Waals surface area contributed by atoms with Crippen LogP contribution in [-0.4, -0.2) is 22.2 Å². The van der Waals surface area contributed by atoms with Gasteiger partial charge in [0, 0.05) is 5.25 Å². The zero-order valence-corrected chi connectivity index (χ0v) is 13.2. The van der Waals surface area contributed by atoms with Crippen molar-refractivity contribution in [2.45, 2.75) is 50.0 Å². The molecule has 0 aromatic heterocycles.